The Balaban J connectivity index is 1.70. The fourth-order valence-electron chi connectivity index (χ4n) is 5.32. The van der Waals surface area contributed by atoms with Crippen molar-refractivity contribution in [1.29, 1.82) is 0 Å². The molecular weight excluding hydrogens is 332 g/mol. The second-order valence-electron chi connectivity index (χ2n) is 9.23. The number of likely N-dealkylation sites (N-methyl/N-ethyl adjacent to an activating group) is 1. The minimum Gasteiger partial charge on any atom is -0.340 e. The average Bonchev–Trinajstić information content (AvgIpc) is 2.76. The molecule has 7 nitrogen and oxygen atoms in total. The first-order valence-electron chi connectivity index (χ1n) is 9.75. The molecule has 1 aliphatic carbocycles. The number of piperidine rings is 1. The van der Waals surface area contributed by atoms with Gasteiger partial charge in [-0.3, -0.25) is 14.5 Å². The number of nitrogens with one attached hydrogen (secondary N) is 2. The number of rotatable bonds is 3. The van der Waals surface area contributed by atoms with E-state index in [0.29, 0.717) is 31.8 Å². The minimum atomic E-state index is -0.839. The van der Waals surface area contributed by atoms with Crippen LogP contribution in [0.3, 0.4) is 0 Å². The second-order valence-corrected chi connectivity index (χ2v) is 9.23. The van der Waals surface area contributed by atoms with Gasteiger partial charge in [0.05, 0.1) is 0 Å². The lowest BCUT2D eigenvalue weighted by Gasteiger charge is -2.43. The van der Waals surface area contributed by atoms with Gasteiger partial charge in [0.1, 0.15) is 12.1 Å². The molecule has 3 unspecified atom stereocenters. The third-order valence-corrected chi connectivity index (χ3v) is 6.10. The predicted octanol–water partition coefficient (Wildman–Crippen LogP) is 1.33. The van der Waals surface area contributed by atoms with Gasteiger partial charge < -0.3 is 15.5 Å². The molecule has 26 heavy (non-hydrogen) atoms. The van der Waals surface area contributed by atoms with Gasteiger partial charge in [0.15, 0.2) is 0 Å². The molecule has 1 saturated carbocycles. The second kappa shape index (κ2) is 6.83. The summed E-state index contributed by atoms with van der Waals surface area (Å²) < 4.78 is 0. The molecule has 4 amide bonds. The standard InChI is InChI=1S/C19H32N4O3/c1-13-8-18(2,3)12-19(9-13)16(25)23(17(26)21-19)11-15(24)22-7-5-6-14(10-22)20-4/h13-14,20H,5-12H2,1-4H3,(H,21,26). The molecule has 0 radical (unpaired) electrons. The van der Waals surface area contributed by atoms with E-state index < -0.39 is 11.6 Å². The van der Waals surface area contributed by atoms with Crippen molar-refractivity contribution >= 4 is 17.8 Å². The van der Waals surface area contributed by atoms with Crippen molar-refractivity contribution in [3.05, 3.63) is 0 Å². The molecule has 2 saturated heterocycles. The van der Waals surface area contributed by atoms with E-state index in [4.69, 9.17) is 0 Å². The number of hydrogen-bond donors (Lipinski definition) is 2. The monoisotopic (exact) mass is 364 g/mol. The molecule has 2 aliphatic heterocycles. The van der Waals surface area contributed by atoms with Crippen LogP contribution in [0.2, 0.25) is 0 Å². The lowest BCUT2D eigenvalue weighted by Crippen LogP contribution is -2.54. The molecular formula is C19H32N4O3. The molecule has 3 rings (SSSR count). The van der Waals surface area contributed by atoms with Gasteiger partial charge in [-0.15, -0.1) is 0 Å². The quantitative estimate of drug-likeness (QED) is 0.741. The van der Waals surface area contributed by atoms with Crippen molar-refractivity contribution in [2.45, 2.75) is 64.5 Å². The van der Waals surface area contributed by atoms with Crippen LogP contribution in [-0.4, -0.2) is 65.9 Å². The van der Waals surface area contributed by atoms with Crippen molar-refractivity contribution in [3.8, 4) is 0 Å². The lowest BCUT2D eigenvalue weighted by atomic mass is 9.64. The van der Waals surface area contributed by atoms with Crippen molar-refractivity contribution in [1.82, 2.24) is 20.4 Å². The summed E-state index contributed by atoms with van der Waals surface area (Å²) in [5, 5.41) is 6.14. The van der Waals surface area contributed by atoms with Gasteiger partial charge in [0.25, 0.3) is 5.91 Å². The Morgan fingerprint density at radius 1 is 1.31 bits per heavy atom. The number of amides is 4. The number of imide groups is 1. The van der Waals surface area contributed by atoms with Gasteiger partial charge in [0, 0.05) is 19.1 Å². The van der Waals surface area contributed by atoms with Crippen molar-refractivity contribution < 1.29 is 14.4 Å². The zero-order valence-electron chi connectivity index (χ0n) is 16.4. The zero-order chi connectivity index (χ0) is 19.1. The SMILES string of the molecule is CNC1CCCN(C(=O)CN2C(=O)NC3(CC(C)CC(C)(C)C3)C2=O)C1. The van der Waals surface area contributed by atoms with Crippen molar-refractivity contribution in [2.75, 3.05) is 26.7 Å². The lowest BCUT2D eigenvalue weighted by molar-refractivity contribution is -0.141. The molecule has 3 fully saturated rings. The van der Waals surface area contributed by atoms with E-state index in [2.05, 4.69) is 31.4 Å². The van der Waals surface area contributed by atoms with Gasteiger partial charge >= 0.3 is 6.03 Å². The van der Waals surface area contributed by atoms with Crippen LogP contribution in [0, 0.1) is 11.3 Å². The number of hydrogen-bond acceptors (Lipinski definition) is 4. The summed E-state index contributed by atoms with van der Waals surface area (Å²) in [4.78, 5) is 41.2. The fraction of sp³-hybridized carbons (Fsp3) is 0.842. The highest BCUT2D eigenvalue weighted by Gasteiger charge is 2.56. The van der Waals surface area contributed by atoms with Crippen LogP contribution in [-0.2, 0) is 9.59 Å². The van der Waals surface area contributed by atoms with Gasteiger partial charge in [-0.05, 0) is 50.5 Å². The highest BCUT2D eigenvalue weighted by atomic mass is 16.2. The van der Waals surface area contributed by atoms with E-state index >= 15 is 0 Å². The molecule has 7 heteroatoms. The first kappa shape index (κ1) is 19.1. The van der Waals surface area contributed by atoms with E-state index in [9.17, 15) is 14.4 Å². The Kier molecular flexibility index (Phi) is 5.03. The van der Waals surface area contributed by atoms with Crippen LogP contribution >= 0.6 is 0 Å². The van der Waals surface area contributed by atoms with Gasteiger partial charge in [-0.2, -0.15) is 0 Å². The number of carbonyl (C=O) groups is 3. The third kappa shape index (κ3) is 3.59. The van der Waals surface area contributed by atoms with Crippen molar-refractivity contribution in [3.63, 3.8) is 0 Å². The fourth-order valence-corrected chi connectivity index (χ4v) is 5.32. The van der Waals surface area contributed by atoms with Crippen LogP contribution in [0.25, 0.3) is 0 Å². The van der Waals surface area contributed by atoms with Gasteiger partial charge in [-0.25, -0.2) is 4.79 Å². The summed E-state index contributed by atoms with van der Waals surface area (Å²) in [5.74, 6) is -0.0107. The number of likely N-dealkylation sites (tertiary alicyclic amines) is 1. The maximum absolute atomic E-state index is 13.1. The Labute approximate surface area is 155 Å². The summed E-state index contributed by atoms with van der Waals surface area (Å²) in [5.41, 5.74) is -0.846. The van der Waals surface area contributed by atoms with E-state index in [1.54, 1.807) is 4.90 Å². The van der Waals surface area contributed by atoms with Crippen molar-refractivity contribution in [2.24, 2.45) is 11.3 Å². The Bertz CT molecular complexity index is 606. The Morgan fingerprint density at radius 2 is 2.04 bits per heavy atom. The third-order valence-electron chi connectivity index (χ3n) is 6.10. The summed E-state index contributed by atoms with van der Waals surface area (Å²) >= 11 is 0. The van der Waals surface area contributed by atoms with Crippen LogP contribution in [0.1, 0.15) is 52.9 Å². The van der Waals surface area contributed by atoms with E-state index in [1.807, 2.05) is 7.05 Å². The summed E-state index contributed by atoms with van der Waals surface area (Å²) in [7, 11) is 1.89. The molecule has 3 aliphatic rings. The normalized spacial score (nSPS) is 34.3. The first-order valence-corrected chi connectivity index (χ1v) is 9.75. The topological polar surface area (TPSA) is 81.8 Å². The van der Waals surface area contributed by atoms with E-state index in [0.717, 1.165) is 24.2 Å². The van der Waals surface area contributed by atoms with Gasteiger partial charge in [0.2, 0.25) is 5.91 Å². The van der Waals surface area contributed by atoms with Gasteiger partial charge in [-0.1, -0.05) is 20.8 Å². The molecule has 0 bridgehead atoms. The van der Waals surface area contributed by atoms with E-state index in [1.165, 1.54) is 0 Å². The Morgan fingerprint density at radius 3 is 2.69 bits per heavy atom. The van der Waals surface area contributed by atoms with Crippen LogP contribution in [0.5, 0.6) is 0 Å². The molecule has 146 valence electrons. The van der Waals surface area contributed by atoms with E-state index in [-0.39, 0.29) is 29.8 Å². The predicted molar refractivity (Wildman–Crippen MR) is 98.4 cm³/mol. The highest BCUT2D eigenvalue weighted by molar-refractivity contribution is 6.09. The maximum atomic E-state index is 13.1. The molecule has 2 heterocycles. The van der Waals surface area contributed by atoms with Crippen LogP contribution in [0.15, 0.2) is 0 Å². The number of carbonyl (C=O) groups excluding carboxylic acids is 3. The maximum Gasteiger partial charge on any atom is 0.325 e. The zero-order valence-corrected chi connectivity index (χ0v) is 16.4. The van der Waals surface area contributed by atoms with Crippen LogP contribution in [0.4, 0.5) is 4.79 Å². The highest BCUT2D eigenvalue weighted by Crippen LogP contribution is 2.46. The number of nitrogens with zero attached hydrogens (tertiary/aromatic N) is 2. The molecule has 1 spiro atoms. The average molecular weight is 364 g/mol. The summed E-state index contributed by atoms with van der Waals surface area (Å²) in [6.07, 6.45) is 4.30. The minimum absolute atomic E-state index is 0.00644. The summed E-state index contributed by atoms with van der Waals surface area (Å²) in [6, 6.07) is -0.141. The van der Waals surface area contributed by atoms with Crippen LogP contribution < -0.4 is 10.6 Å². The molecule has 0 aromatic heterocycles. The molecule has 2 N–H and O–H groups in total. The Hall–Kier alpha value is -1.63. The molecule has 0 aromatic carbocycles. The summed E-state index contributed by atoms with van der Waals surface area (Å²) in [6.45, 7) is 7.58. The largest absolute Gasteiger partial charge is 0.340 e. The molecule has 0 aromatic rings. The molecule has 3 atom stereocenters. The first-order chi connectivity index (χ1) is 12.2. The smallest absolute Gasteiger partial charge is 0.325 e. The number of urea groups is 1.